The van der Waals surface area contributed by atoms with Gasteiger partial charge in [0.1, 0.15) is 28.8 Å². The van der Waals surface area contributed by atoms with Crippen molar-refractivity contribution in [2.75, 3.05) is 27.4 Å². The van der Waals surface area contributed by atoms with Gasteiger partial charge in [-0.15, -0.1) is 0 Å². The topological polar surface area (TPSA) is 226 Å². The minimum absolute atomic E-state index is 0.0416. The summed E-state index contributed by atoms with van der Waals surface area (Å²) in [6.07, 6.45) is 3.49. The fraction of sp³-hybridized carbons (Fsp3) is 0.333. The fourth-order valence-electron chi connectivity index (χ4n) is 8.17. The second-order valence-corrected chi connectivity index (χ2v) is 16.8. The minimum Gasteiger partial charge on any atom is -0.496 e. The Morgan fingerprint density at radius 2 is 1.18 bits per heavy atom. The molecule has 6 aromatic rings. The van der Waals surface area contributed by atoms with Crippen LogP contribution in [0.4, 0.5) is 0 Å². The van der Waals surface area contributed by atoms with E-state index < -0.39 is 26.4 Å². The molecule has 4 aromatic carbocycles. The molecule has 2 aromatic heterocycles. The van der Waals surface area contributed by atoms with Crippen molar-refractivity contribution in [2.24, 2.45) is 5.73 Å². The first-order chi connectivity index (χ1) is 34.1. The van der Waals surface area contributed by atoms with Gasteiger partial charge in [-0.3, -0.25) is 9.59 Å². The molecule has 0 saturated carbocycles. The molecular formula is C51H58B2ClN5O12. The van der Waals surface area contributed by atoms with Gasteiger partial charge in [0.15, 0.2) is 0 Å². The molecule has 4 heterocycles. The first-order valence-electron chi connectivity index (χ1n) is 23.0. The summed E-state index contributed by atoms with van der Waals surface area (Å²) in [5.41, 5.74) is 14.4. The number of hydrogen-bond acceptors (Lipinski definition) is 17. The Morgan fingerprint density at radius 1 is 0.662 bits per heavy atom. The first kappa shape index (κ1) is 53.7. The summed E-state index contributed by atoms with van der Waals surface area (Å²) in [6.45, 7) is 12.5. The maximum Gasteiger partial charge on any atom is 0.492 e. The van der Waals surface area contributed by atoms with E-state index in [2.05, 4.69) is 26.0 Å². The van der Waals surface area contributed by atoms with E-state index in [1.807, 2.05) is 64.1 Å². The van der Waals surface area contributed by atoms with Crippen LogP contribution in [0.1, 0.15) is 89.2 Å². The second-order valence-electron chi connectivity index (χ2n) is 16.5. The Hall–Kier alpha value is -6.60. The zero-order chi connectivity index (χ0) is 51.2. The van der Waals surface area contributed by atoms with Gasteiger partial charge in [0, 0.05) is 43.1 Å². The number of benzene rings is 4. The second kappa shape index (κ2) is 25.5. The van der Waals surface area contributed by atoms with Gasteiger partial charge in [-0.05, 0) is 140 Å². The zero-order valence-corrected chi connectivity index (χ0v) is 41.8. The third kappa shape index (κ3) is 14.5. The summed E-state index contributed by atoms with van der Waals surface area (Å²) in [7, 11) is 1.05. The lowest BCUT2D eigenvalue weighted by Crippen LogP contribution is -2.28. The first-order valence-corrected chi connectivity index (χ1v) is 23.4. The summed E-state index contributed by atoms with van der Waals surface area (Å²) in [6, 6.07) is 22.4. The van der Waals surface area contributed by atoms with Gasteiger partial charge in [0.05, 0.1) is 52.5 Å². The molecule has 0 fully saturated rings. The van der Waals surface area contributed by atoms with Gasteiger partial charge >= 0.3 is 26.2 Å². The summed E-state index contributed by atoms with van der Waals surface area (Å²) in [5.74, 6) is 3.33. The van der Waals surface area contributed by atoms with Crippen LogP contribution in [0.5, 0.6) is 34.8 Å². The van der Waals surface area contributed by atoms with E-state index in [0.29, 0.717) is 60.3 Å². The van der Waals surface area contributed by atoms with E-state index in [0.717, 1.165) is 51.3 Å². The number of ether oxygens (including phenoxy) is 6. The van der Waals surface area contributed by atoms with Crippen LogP contribution in [0.15, 0.2) is 85.2 Å². The number of hydrogen-bond donors (Lipinski definition) is 3. The largest absolute Gasteiger partial charge is 0.496 e. The lowest BCUT2D eigenvalue weighted by atomic mass is 9.77. The molecule has 4 N–H and O–H groups in total. The highest BCUT2D eigenvalue weighted by Gasteiger charge is 2.39. The fourth-order valence-corrected chi connectivity index (χ4v) is 8.31. The highest BCUT2D eigenvalue weighted by Crippen LogP contribution is 2.35. The minimum atomic E-state index is -1.14. The van der Waals surface area contributed by atoms with Crippen LogP contribution in [-0.4, -0.2) is 83.6 Å². The molecule has 372 valence electrons. The van der Waals surface area contributed by atoms with Gasteiger partial charge in [0.2, 0.25) is 17.0 Å². The molecule has 0 amide bonds. The molecule has 2 unspecified atom stereocenters. The van der Waals surface area contributed by atoms with E-state index in [-0.39, 0.29) is 35.9 Å². The van der Waals surface area contributed by atoms with Crippen LogP contribution >= 0.6 is 11.6 Å². The quantitative estimate of drug-likeness (QED) is 0.0515. The maximum atomic E-state index is 11.9. The van der Waals surface area contributed by atoms with Gasteiger partial charge in [-0.1, -0.05) is 29.8 Å². The smallest absolute Gasteiger partial charge is 0.492 e. The number of aryl methyl sites for hydroxylation is 6. The number of carbonyl (C=O) groups excluding carboxylic acids is 2. The van der Waals surface area contributed by atoms with Crippen molar-refractivity contribution in [3.8, 4) is 34.8 Å². The summed E-state index contributed by atoms with van der Waals surface area (Å²) >= 11 is 5.75. The number of nitrogens with two attached hydrogens (primary N) is 1. The number of fused-ring (bicyclic) bond motifs is 2. The Kier molecular flexibility index (Phi) is 19.3. The van der Waals surface area contributed by atoms with Crippen LogP contribution in [-0.2, 0) is 47.8 Å². The standard InChI is InChI=1S/C26H29BN2O6.C16H16BClN2O5.C9H13NO/c1-5-33-25(30)15-22-26-17(3)13-19(14-20(26)27(31)35-22)34-24-10-11-28-23(29-24)9-7-18-12-16(2)6-8-21(18)32-4;1-3-23-14(21)8-12-15-9(2)6-10(7-11(15)17(22)25-12)24-13-4-5-19-16(18)20-13;1-7-3-4-8(6-10)9(5-7)11-2/h6,8,10-14,22,31H,5,7,9,15H2,1-4H3;4-7,12,22H,3,8H2,1-2H3;3-5H,6,10H2,1-2H3. The van der Waals surface area contributed by atoms with Gasteiger partial charge in [0.25, 0.3) is 0 Å². The highest BCUT2D eigenvalue weighted by molar-refractivity contribution is 6.62. The molecule has 0 spiro atoms. The van der Waals surface area contributed by atoms with E-state index in [1.165, 1.54) is 17.3 Å². The molecule has 2 aliphatic rings. The maximum absolute atomic E-state index is 11.9. The SMILES string of the molecule is CCOC(=O)CC1OB(O)c2cc(Oc3ccnc(CCc4cc(C)ccc4OC)n3)cc(C)c21.CCOC(=O)CC1OB(O)c2cc(Oc3ccnc(Cl)n3)cc(C)c21.COc1cc(C)ccc1CN. The molecule has 71 heavy (non-hydrogen) atoms. The lowest BCUT2D eigenvalue weighted by Gasteiger charge is -2.14. The molecule has 0 bridgehead atoms. The number of esters is 2. The zero-order valence-electron chi connectivity index (χ0n) is 41.1. The number of aromatic nitrogens is 4. The Balaban J connectivity index is 0.000000198. The van der Waals surface area contributed by atoms with E-state index in [9.17, 15) is 19.6 Å². The molecule has 0 aliphatic carbocycles. The Morgan fingerprint density at radius 3 is 1.70 bits per heavy atom. The Bertz CT molecular complexity index is 2810. The van der Waals surface area contributed by atoms with E-state index in [1.54, 1.807) is 64.6 Å². The van der Waals surface area contributed by atoms with Gasteiger partial charge in [-0.25, -0.2) is 9.97 Å². The summed E-state index contributed by atoms with van der Waals surface area (Å²) < 4.78 is 43.4. The Labute approximate surface area is 419 Å². The van der Waals surface area contributed by atoms with Crippen LogP contribution < -0.4 is 35.6 Å². The number of halogens is 1. The van der Waals surface area contributed by atoms with Gasteiger partial charge in [-0.2, -0.15) is 9.97 Å². The summed E-state index contributed by atoms with van der Waals surface area (Å²) in [5, 5.41) is 20.7. The number of methoxy groups -OCH3 is 2. The molecule has 0 radical (unpaired) electrons. The molecule has 0 saturated heterocycles. The molecule has 8 rings (SSSR count). The summed E-state index contributed by atoms with van der Waals surface area (Å²) in [4.78, 5) is 40.3. The van der Waals surface area contributed by atoms with Gasteiger partial charge < -0.3 is 53.5 Å². The molecule has 20 heteroatoms. The van der Waals surface area contributed by atoms with E-state index in [4.69, 9.17) is 55.1 Å². The molecule has 2 aliphatic heterocycles. The number of rotatable bonds is 16. The highest BCUT2D eigenvalue weighted by atomic mass is 35.5. The molecule has 2 atom stereocenters. The number of nitrogens with zero attached hydrogens (tertiary/aromatic N) is 4. The van der Waals surface area contributed by atoms with Crippen LogP contribution in [0.2, 0.25) is 5.28 Å². The van der Waals surface area contributed by atoms with E-state index >= 15 is 0 Å². The molecule has 17 nitrogen and oxygen atoms in total. The average molecular weight is 990 g/mol. The van der Waals surface area contributed by atoms with Crippen LogP contribution in [0.3, 0.4) is 0 Å². The van der Waals surface area contributed by atoms with Crippen molar-refractivity contribution in [3.05, 3.63) is 141 Å². The number of carbonyl (C=O) groups is 2. The third-order valence-electron chi connectivity index (χ3n) is 11.3. The predicted molar refractivity (Wildman–Crippen MR) is 268 cm³/mol. The third-order valence-corrected chi connectivity index (χ3v) is 11.5. The lowest BCUT2D eigenvalue weighted by molar-refractivity contribution is -0.146. The predicted octanol–water partition coefficient (Wildman–Crippen LogP) is 6.80. The average Bonchev–Trinajstić information content (AvgIpc) is 3.82. The molecular weight excluding hydrogens is 932 g/mol. The van der Waals surface area contributed by atoms with Crippen molar-refractivity contribution in [1.29, 1.82) is 0 Å². The van der Waals surface area contributed by atoms with Crippen LogP contribution in [0.25, 0.3) is 0 Å². The van der Waals surface area contributed by atoms with Crippen molar-refractivity contribution in [3.63, 3.8) is 0 Å². The van der Waals surface area contributed by atoms with Crippen molar-refractivity contribution >= 4 is 48.7 Å². The monoisotopic (exact) mass is 989 g/mol. The normalized spacial score (nSPS) is 14.3. The van der Waals surface area contributed by atoms with Crippen molar-refractivity contribution < 1.29 is 57.4 Å². The van der Waals surface area contributed by atoms with Crippen molar-refractivity contribution in [2.45, 2.75) is 86.0 Å². The van der Waals surface area contributed by atoms with Crippen molar-refractivity contribution in [1.82, 2.24) is 19.9 Å². The van der Waals surface area contributed by atoms with Crippen LogP contribution in [0, 0.1) is 27.7 Å².